The summed E-state index contributed by atoms with van der Waals surface area (Å²) < 4.78 is 2.05. The molecule has 3 heterocycles. The van der Waals surface area contributed by atoms with Gasteiger partial charge < -0.3 is 5.32 Å². The largest absolute Gasteiger partial charge is 0.325 e. The van der Waals surface area contributed by atoms with Crippen molar-refractivity contribution >= 4 is 50.6 Å². The first-order chi connectivity index (χ1) is 15.0. The molecular weight excluding hydrogens is 426 g/mol. The number of thioether (sulfide) groups is 1. The van der Waals surface area contributed by atoms with E-state index < -0.39 is 0 Å². The number of hydrogen-bond donors (Lipinski definition) is 1. The van der Waals surface area contributed by atoms with Crippen molar-refractivity contribution < 1.29 is 4.79 Å². The van der Waals surface area contributed by atoms with Crippen LogP contribution >= 0.6 is 23.1 Å². The van der Waals surface area contributed by atoms with Gasteiger partial charge in [0, 0.05) is 17.0 Å². The highest BCUT2D eigenvalue weighted by Crippen LogP contribution is 2.38. The van der Waals surface area contributed by atoms with Crippen LogP contribution in [0, 0.1) is 13.8 Å². The average Bonchev–Trinajstić information content (AvgIpc) is 3.34. The summed E-state index contributed by atoms with van der Waals surface area (Å²) in [5.41, 5.74) is 5.39. The minimum absolute atomic E-state index is 0.0475. The molecule has 1 aliphatic carbocycles. The molecule has 0 fully saturated rings. The molecule has 4 aromatic rings. The first-order valence-corrected chi connectivity index (χ1v) is 12.5. The first kappa shape index (κ1) is 20.5. The molecule has 160 valence electrons. The quantitative estimate of drug-likeness (QED) is 0.426. The number of amides is 1. The second kappa shape index (κ2) is 8.24. The van der Waals surface area contributed by atoms with E-state index in [1.165, 1.54) is 40.6 Å². The summed E-state index contributed by atoms with van der Waals surface area (Å²) in [6.07, 6.45) is 5.48. The van der Waals surface area contributed by atoms with Crippen LogP contribution in [-0.2, 0) is 24.1 Å². The van der Waals surface area contributed by atoms with Crippen molar-refractivity contribution in [3.8, 4) is 0 Å². The SMILES string of the molecule is CCc1nc2sc3c(c2c2nnc(SCC(=O)Nc4ccc(C)cc4C)n12)CCCC3. The van der Waals surface area contributed by atoms with Crippen LogP contribution in [0.25, 0.3) is 15.9 Å². The molecule has 5 rings (SSSR count). The molecule has 31 heavy (non-hydrogen) atoms. The van der Waals surface area contributed by atoms with E-state index in [-0.39, 0.29) is 11.7 Å². The zero-order valence-corrected chi connectivity index (χ0v) is 19.6. The standard InChI is InChI=1S/C23H25N5OS2/c1-4-18-25-22-20(15-7-5-6-8-17(15)31-22)21-26-27-23(28(18)21)30-12-19(29)24-16-10-9-13(2)11-14(16)3/h9-11H,4-8,12H2,1-3H3,(H,24,29). The van der Waals surface area contributed by atoms with Gasteiger partial charge in [0.1, 0.15) is 10.7 Å². The van der Waals surface area contributed by atoms with Crippen LogP contribution in [-0.4, -0.2) is 31.2 Å². The summed E-state index contributed by atoms with van der Waals surface area (Å²) in [4.78, 5) is 20.1. The molecular formula is C23H25N5OS2. The second-order valence-corrected chi connectivity index (χ2v) is 10.1. The van der Waals surface area contributed by atoms with Crippen LogP contribution < -0.4 is 5.32 Å². The molecule has 0 radical (unpaired) electrons. The van der Waals surface area contributed by atoms with Gasteiger partial charge in [0.05, 0.1) is 11.1 Å². The van der Waals surface area contributed by atoms with E-state index in [2.05, 4.69) is 32.9 Å². The van der Waals surface area contributed by atoms with E-state index in [0.717, 1.165) is 57.4 Å². The Morgan fingerprint density at radius 3 is 2.87 bits per heavy atom. The van der Waals surface area contributed by atoms with Gasteiger partial charge in [-0.15, -0.1) is 21.5 Å². The average molecular weight is 452 g/mol. The molecule has 0 bridgehead atoms. The highest BCUT2D eigenvalue weighted by molar-refractivity contribution is 7.99. The van der Waals surface area contributed by atoms with Crippen LogP contribution in [0.3, 0.4) is 0 Å². The van der Waals surface area contributed by atoms with E-state index in [1.54, 1.807) is 0 Å². The summed E-state index contributed by atoms with van der Waals surface area (Å²) in [6.45, 7) is 6.15. The van der Waals surface area contributed by atoms with E-state index in [4.69, 9.17) is 4.98 Å². The number of carbonyl (C=O) groups is 1. The van der Waals surface area contributed by atoms with Crippen molar-refractivity contribution in [1.29, 1.82) is 0 Å². The van der Waals surface area contributed by atoms with Crippen LogP contribution in [0.1, 0.15) is 47.2 Å². The number of aromatic nitrogens is 4. The molecule has 8 heteroatoms. The summed E-state index contributed by atoms with van der Waals surface area (Å²) in [7, 11) is 0. The molecule has 1 amide bonds. The van der Waals surface area contributed by atoms with Gasteiger partial charge in [0.15, 0.2) is 10.8 Å². The molecule has 0 unspecified atom stereocenters. The lowest BCUT2D eigenvalue weighted by atomic mass is 9.97. The van der Waals surface area contributed by atoms with Gasteiger partial charge in [-0.25, -0.2) is 4.98 Å². The zero-order valence-electron chi connectivity index (χ0n) is 18.0. The Balaban J connectivity index is 1.44. The van der Waals surface area contributed by atoms with Gasteiger partial charge in [-0.2, -0.15) is 0 Å². The van der Waals surface area contributed by atoms with Crippen molar-refractivity contribution in [1.82, 2.24) is 19.6 Å². The topological polar surface area (TPSA) is 72.2 Å². The molecule has 3 aromatic heterocycles. The van der Waals surface area contributed by atoms with E-state index in [1.807, 2.05) is 37.3 Å². The Morgan fingerprint density at radius 1 is 1.23 bits per heavy atom. The number of nitrogens with one attached hydrogen (secondary N) is 1. The van der Waals surface area contributed by atoms with Crippen LogP contribution in [0.2, 0.25) is 0 Å². The summed E-state index contributed by atoms with van der Waals surface area (Å²) in [5.74, 6) is 1.17. The first-order valence-electron chi connectivity index (χ1n) is 10.7. The maximum atomic E-state index is 12.6. The Kier molecular flexibility index (Phi) is 5.44. The number of hydrogen-bond acceptors (Lipinski definition) is 6. The number of thiophene rings is 1. The highest BCUT2D eigenvalue weighted by atomic mass is 32.2. The highest BCUT2D eigenvalue weighted by Gasteiger charge is 2.23. The van der Waals surface area contributed by atoms with E-state index >= 15 is 0 Å². The lowest BCUT2D eigenvalue weighted by Gasteiger charge is -2.11. The molecule has 0 aliphatic heterocycles. The summed E-state index contributed by atoms with van der Waals surface area (Å²) in [5, 5.41) is 13.9. The normalized spacial score (nSPS) is 13.6. The van der Waals surface area contributed by atoms with Gasteiger partial charge in [-0.3, -0.25) is 9.20 Å². The third kappa shape index (κ3) is 3.72. The van der Waals surface area contributed by atoms with Gasteiger partial charge in [0.25, 0.3) is 0 Å². The summed E-state index contributed by atoms with van der Waals surface area (Å²) in [6, 6.07) is 6.03. The predicted octanol–water partition coefficient (Wildman–Crippen LogP) is 5.13. The number of carbonyl (C=O) groups excluding carboxylic acids is 1. The van der Waals surface area contributed by atoms with Gasteiger partial charge in [-0.05, 0) is 56.7 Å². The Labute approximate surface area is 189 Å². The van der Waals surface area contributed by atoms with Crippen LogP contribution in [0.5, 0.6) is 0 Å². The van der Waals surface area contributed by atoms with Gasteiger partial charge in [0.2, 0.25) is 5.91 Å². The third-order valence-corrected chi connectivity index (χ3v) is 7.92. The lowest BCUT2D eigenvalue weighted by Crippen LogP contribution is -2.15. The minimum Gasteiger partial charge on any atom is -0.325 e. The predicted molar refractivity (Wildman–Crippen MR) is 127 cm³/mol. The maximum Gasteiger partial charge on any atom is 0.234 e. The number of rotatable bonds is 5. The van der Waals surface area contributed by atoms with Crippen molar-refractivity contribution in [2.75, 3.05) is 11.1 Å². The molecule has 6 nitrogen and oxygen atoms in total. The fourth-order valence-electron chi connectivity index (χ4n) is 4.29. The Morgan fingerprint density at radius 2 is 2.06 bits per heavy atom. The summed E-state index contributed by atoms with van der Waals surface area (Å²) >= 11 is 3.22. The Hall–Kier alpha value is -2.45. The van der Waals surface area contributed by atoms with Crippen molar-refractivity contribution in [2.24, 2.45) is 0 Å². The maximum absolute atomic E-state index is 12.6. The van der Waals surface area contributed by atoms with Gasteiger partial charge in [-0.1, -0.05) is 36.4 Å². The number of aryl methyl sites for hydroxylation is 5. The molecule has 0 saturated carbocycles. The minimum atomic E-state index is -0.0475. The van der Waals surface area contributed by atoms with E-state index in [9.17, 15) is 4.79 Å². The van der Waals surface area contributed by atoms with Crippen LogP contribution in [0.15, 0.2) is 23.4 Å². The molecule has 0 spiro atoms. The smallest absolute Gasteiger partial charge is 0.234 e. The lowest BCUT2D eigenvalue weighted by molar-refractivity contribution is -0.113. The number of nitrogens with zero attached hydrogens (tertiary/aromatic N) is 4. The third-order valence-electron chi connectivity index (χ3n) is 5.80. The number of benzene rings is 1. The molecule has 0 atom stereocenters. The molecule has 0 saturated heterocycles. The molecule has 1 N–H and O–H groups in total. The zero-order chi connectivity index (χ0) is 21.5. The fourth-order valence-corrected chi connectivity index (χ4v) is 6.32. The fraction of sp³-hybridized carbons (Fsp3) is 0.391. The number of anilines is 1. The van der Waals surface area contributed by atoms with E-state index in [0.29, 0.717) is 0 Å². The van der Waals surface area contributed by atoms with Crippen molar-refractivity contribution in [3.63, 3.8) is 0 Å². The Bertz CT molecular complexity index is 1310. The monoisotopic (exact) mass is 451 g/mol. The van der Waals surface area contributed by atoms with Crippen LogP contribution in [0.4, 0.5) is 5.69 Å². The molecule has 1 aromatic carbocycles. The number of fused-ring (bicyclic) bond motifs is 5. The van der Waals surface area contributed by atoms with Gasteiger partial charge >= 0.3 is 0 Å². The molecule has 1 aliphatic rings. The van der Waals surface area contributed by atoms with Crippen molar-refractivity contribution in [2.45, 2.75) is 58.0 Å². The second-order valence-electron chi connectivity index (χ2n) is 8.07. The van der Waals surface area contributed by atoms with Crippen molar-refractivity contribution in [3.05, 3.63) is 45.6 Å².